The number of aromatic nitrogens is 8. The van der Waals surface area contributed by atoms with Crippen molar-refractivity contribution in [2.75, 3.05) is 38.0 Å². The summed E-state index contributed by atoms with van der Waals surface area (Å²) < 4.78 is 64.4. The van der Waals surface area contributed by atoms with Crippen LogP contribution in [0.4, 0.5) is 11.9 Å². The average molecular weight is 686 g/mol. The number of nitrogens with one attached hydrogen (secondary N) is 2. The van der Waals surface area contributed by atoms with Gasteiger partial charge in [-0.1, -0.05) is 0 Å². The fraction of sp³-hybridized carbons (Fsp3) is 0.545. The van der Waals surface area contributed by atoms with Gasteiger partial charge in [0.25, 0.3) is 11.1 Å². The smallest absolute Gasteiger partial charge is 0.328 e. The fourth-order valence-electron chi connectivity index (χ4n) is 5.61. The molecule has 8 N–H and O–H groups in total. The predicted octanol–water partition coefficient (Wildman–Crippen LogP) is -1.60. The number of aliphatic hydroxyl groups is 2. The molecular weight excluding hydrogens is 658 g/mol. The van der Waals surface area contributed by atoms with Crippen LogP contribution in [0.1, 0.15) is 12.5 Å². The number of nitrogens with zero attached hydrogens (tertiary/aromatic N) is 6. The highest BCUT2D eigenvalue weighted by molar-refractivity contribution is 7.53. The van der Waals surface area contributed by atoms with Gasteiger partial charge in [-0.25, -0.2) is 9.97 Å². The Bertz CT molecular complexity index is 1900. The van der Waals surface area contributed by atoms with Gasteiger partial charge in [0.1, 0.15) is 36.6 Å². The number of fused-ring (bicyclic) bond motifs is 4. The molecule has 0 aromatic carbocycles. The zero-order valence-corrected chi connectivity index (χ0v) is 25.7. The maximum absolute atomic E-state index is 13.6. The van der Waals surface area contributed by atoms with Crippen molar-refractivity contribution in [3.05, 3.63) is 33.4 Å². The highest BCUT2D eigenvalue weighted by Gasteiger charge is 2.53. The molecule has 0 amide bonds. The van der Waals surface area contributed by atoms with Crippen molar-refractivity contribution in [2.45, 2.75) is 49.1 Å². The molecule has 46 heavy (non-hydrogen) atoms. The summed E-state index contributed by atoms with van der Waals surface area (Å²) in [6.07, 6.45) is -8.43. The second-order valence-corrected chi connectivity index (χ2v) is 15.0. The monoisotopic (exact) mass is 686 g/mol. The molecule has 0 radical (unpaired) electrons. The van der Waals surface area contributed by atoms with E-state index >= 15 is 0 Å². The average Bonchev–Trinajstić information content (AvgIpc) is 3.72. The molecule has 24 heteroatoms. The van der Waals surface area contributed by atoms with E-state index < -0.39 is 88.6 Å². The van der Waals surface area contributed by atoms with E-state index in [2.05, 4.69) is 29.9 Å². The summed E-state index contributed by atoms with van der Waals surface area (Å²) in [5, 5.41) is 22.6. The number of ether oxygens (including phenoxy) is 2. The van der Waals surface area contributed by atoms with Gasteiger partial charge in [0.15, 0.2) is 34.8 Å². The van der Waals surface area contributed by atoms with Gasteiger partial charge in [-0.15, -0.1) is 0 Å². The maximum atomic E-state index is 13.6. The van der Waals surface area contributed by atoms with Crippen molar-refractivity contribution in [3.8, 4) is 0 Å². The Labute approximate surface area is 256 Å². The molecular formula is C22H28N10O12P2. The first-order valence-electron chi connectivity index (χ1n) is 13.6. The van der Waals surface area contributed by atoms with Crippen molar-refractivity contribution in [2.24, 2.45) is 0 Å². The van der Waals surface area contributed by atoms with Gasteiger partial charge in [0.05, 0.1) is 25.9 Å². The topological polar surface area (TPSA) is 309 Å². The maximum Gasteiger partial charge on any atom is 0.328 e. The van der Waals surface area contributed by atoms with Crippen LogP contribution in [0.15, 0.2) is 22.2 Å². The molecule has 10 atom stereocenters. The second kappa shape index (κ2) is 11.0. The number of nitrogen functional groups attached to an aromatic ring is 2. The number of hydrogen-bond donors (Lipinski definition) is 6. The van der Waals surface area contributed by atoms with Crippen LogP contribution in [0.2, 0.25) is 0 Å². The van der Waals surface area contributed by atoms with Crippen LogP contribution in [0.25, 0.3) is 22.3 Å². The lowest BCUT2D eigenvalue weighted by Crippen LogP contribution is -2.39. The molecule has 7 heterocycles. The Morgan fingerprint density at radius 1 is 0.783 bits per heavy atom. The lowest BCUT2D eigenvalue weighted by molar-refractivity contribution is -0.0578. The third-order valence-electron chi connectivity index (χ3n) is 7.64. The van der Waals surface area contributed by atoms with Gasteiger partial charge in [0, 0.05) is 13.3 Å². The summed E-state index contributed by atoms with van der Waals surface area (Å²) in [6.45, 7) is 1.28. The van der Waals surface area contributed by atoms with E-state index in [4.69, 9.17) is 39.0 Å². The summed E-state index contributed by atoms with van der Waals surface area (Å²) in [7, 11) is -8.07. The number of hydrogen-bond acceptors (Lipinski definition) is 18. The summed E-state index contributed by atoms with van der Waals surface area (Å²) in [4.78, 5) is 45.3. The van der Waals surface area contributed by atoms with Crippen LogP contribution in [-0.2, 0) is 36.7 Å². The number of imidazole rings is 2. The van der Waals surface area contributed by atoms with Crippen LogP contribution in [0, 0.1) is 0 Å². The Balaban J connectivity index is 1.18. The quantitative estimate of drug-likeness (QED) is 0.129. The molecule has 3 aliphatic heterocycles. The second-order valence-electron chi connectivity index (χ2n) is 10.9. The van der Waals surface area contributed by atoms with E-state index in [0.717, 1.165) is 13.3 Å². The minimum absolute atomic E-state index is 0.00866. The Kier molecular flexibility index (Phi) is 7.44. The predicted molar refractivity (Wildman–Crippen MR) is 154 cm³/mol. The molecule has 22 nitrogen and oxygen atoms in total. The van der Waals surface area contributed by atoms with E-state index in [1.54, 1.807) is 0 Å². The molecule has 4 unspecified atom stereocenters. The van der Waals surface area contributed by atoms with Gasteiger partial charge in [0.2, 0.25) is 11.9 Å². The molecule has 4 aromatic heterocycles. The number of rotatable bonds is 2. The van der Waals surface area contributed by atoms with Crippen LogP contribution in [-0.4, -0.2) is 112 Å². The minimum Gasteiger partial charge on any atom is -0.386 e. The lowest BCUT2D eigenvalue weighted by atomic mass is 10.1. The third-order valence-corrected chi connectivity index (χ3v) is 10.1. The van der Waals surface area contributed by atoms with Gasteiger partial charge >= 0.3 is 15.2 Å². The number of H-pyrrole nitrogens is 2. The molecule has 3 fully saturated rings. The number of anilines is 2. The van der Waals surface area contributed by atoms with E-state index in [9.17, 15) is 28.9 Å². The first-order valence-corrected chi connectivity index (χ1v) is 17.6. The first-order chi connectivity index (χ1) is 21.7. The van der Waals surface area contributed by atoms with Gasteiger partial charge in [-0.2, -0.15) is 9.97 Å². The van der Waals surface area contributed by atoms with Crippen molar-refractivity contribution in [3.63, 3.8) is 0 Å². The third kappa shape index (κ3) is 5.35. The van der Waals surface area contributed by atoms with Crippen LogP contribution < -0.4 is 22.6 Å². The molecule has 0 spiro atoms. The highest BCUT2D eigenvalue weighted by atomic mass is 31.2. The van der Waals surface area contributed by atoms with Crippen molar-refractivity contribution in [1.82, 2.24) is 39.0 Å². The highest BCUT2D eigenvalue weighted by Crippen LogP contribution is 2.54. The number of aromatic amines is 2. The van der Waals surface area contributed by atoms with E-state index in [1.165, 1.54) is 21.8 Å². The van der Waals surface area contributed by atoms with Gasteiger partial charge < -0.3 is 40.2 Å². The van der Waals surface area contributed by atoms with Crippen LogP contribution in [0.5, 0.6) is 0 Å². The van der Waals surface area contributed by atoms with E-state index in [1.807, 2.05) is 0 Å². The summed E-state index contributed by atoms with van der Waals surface area (Å²) in [5.74, 6) is -0.415. The van der Waals surface area contributed by atoms with Crippen molar-refractivity contribution in [1.29, 1.82) is 0 Å². The largest absolute Gasteiger partial charge is 0.386 e. The number of nitrogens with two attached hydrogens (primary N) is 2. The lowest BCUT2D eigenvalue weighted by Gasteiger charge is -2.29. The fourth-order valence-corrected chi connectivity index (χ4v) is 7.97. The Morgan fingerprint density at radius 3 is 1.57 bits per heavy atom. The van der Waals surface area contributed by atoms with E-state index in [0.29, 0.717) is 0 Å². The molecule has 0 bridgehead atoms. The summed E-state index contributed by atoms with van der Waals surface area (Å²) in [6, 6.07) is 0. The van der Waals surface area contributed by atoms with Crippen molar-refractivity contribution < 1.29 is 46.9 Å². The van der Waals surface area contributed by atoms with Crippen molar-refractivity contribution >= 4 is 49.4 Å². The molecule has 3 aliphatic rings. The standard InChI is InChI=1S/C22H28N10O12P2/c1-45(37)39-3-7-14(12(34)20(41-7)32-6-26-10-16(32)28-22(24)30-18(10)36)44-46(2,38)40-4-8-13(43-45)11(33)19(42-8)31-5-25-9-15(31)27-21(23)29-17(9)35/h5-8,11-14,19-20,33-34H,3-4H2,1-2H3,(H3,23,27,29,35)(H3,24,28,30,36)/t7-,8-,11?,12?,13+,14+,19-,20-,45?,46?/m1/s1. The van der Waals surface area contributed by atoms with Gasteiger partial charge in [-0.05, 0) is 0 Å². The molecule has 3 saturated heterocycles. The zero-order valence-electron chi connectivity index (χ0n) is 23.9. The first kappa shape index (κ1) is 31.1. The number of aliphatic hydroxyl groups excluding tert-OH is 2. The normalized spacial score (nSPS) is 37.1. The molecule has 0 aliphatic carbocycles. The Morgan fingerprint density at radius 2 is 1.17 bits per heavy atom. The Hall–Kier alpha value is -3.56. The molecule has 4 aromatic rings. The summed E-state index contributed by atoms with van der Waals surface area (Å²) >= 11 is 0. The molecule has 7 rings (SSSR count). The van der Waals surface area contributed by atoms with E-state index in [-0.39, 0.29) is 34.2 Å². The summed E-state index contributed by atoms with van der Waals surface area (Å²) in [5.41, 5.74) is 9.95. The zero-order chi connectivity index (χ0) is 32.7. The van der Waals surface area contributed by atoms with Crippen LogP contribution >= 0.6 is 15.2 Å². The molecule has 248 valence electrons. The SMILES string of the molecule is CP1(=O)OC[C@H]2O[C@@H](n3cnc4c(=O)[nH]c(N)nc43)C(O)[C@H]2OP(C)(=O)OC[C@H]2O[C@@H](n3cnc4c(=O)[nH]c(N)nc43)C(O)[C@H]2O1. The minimum atomic E-state index is -4.04. The van der Waals surface area contributed by atoms with Gasteiger partial charge in [-0.3, -0.25) is 46.9 Å². The molecule has 0 saturated carbocycles. The van der Waals surface area contributed by atoms with Crippen LogP contribution in [0.3, 0.4) is 0 Å².